The third kappa shape index (κ3) is 3.47. The fourth-order valence-corrected chi connectivity index (χ4v) is 2.40. The summed E-state index contributed by atoms with van der Waals surface area (Å²) in [5.41, 5.74) is 7.19. The molecule has 0 saturated heterocycles. The first kappa shape index (κ1) is 12.4. The zero-order valence-corrected chi connectivity index (χ0v) is 10.7. The summed E-state index contributed by atoms with van der Waals surface area (Å²) in [6.45, 7) is 2.11. The van der Waals surface area contributed by atoms with Crippen molar-refractivity contribution in [2.45, 2.75) is 57.6 Å². The van der Waals surface area contributed by atoms with Crippen LogP contribution in [0.25, 0.3) is 0 Å². The molecule has 0 bridgehead atoms. The molecule has 2 nitrogen and oxygen atoms in total. The van der Waals surface area contributed by atoms with Crippen LogP contribution >= 0.6 is 0 Å². The van der Waals surface area contributed by atoms with E-state index >= 15 is 0 Å². The number of nitrogens with two attached hydrogens (primary N) is 1. The summed E-state index contributed by atoms with van der Waals surface area (Å²) in [6.07, 6.45) is 7.79. The van der Waals surface area contributed by atoms with E-state index in [9.17, 15) is 0 Å². The van der Waals surface area contributed by atoms with Crippen molar-refractivity contribution in [1.82, 2.24) is 0 Å². The third-order valence-electron chi connectivity index (χ3n) is 3.60. The average molecular weight is 233 g/mol. The van der Waals surface area contributed by atoms with Crippen molar-refractivity contribution in [3.8, 4) is 5.75 Å². The van der Waals surface area contributed by atoms with Crippen LogP contribution < -0.4 is 10.5 Å². The van der Waals surface area contributed by atoms with E-state index in [0.29, 0.717) is 6.10 Å². The molecule has 0 aliphatic heterocycles. The second-order valence-electron chi connectivity index (χ2n) is 4.96. The van der Waals surface area contributed by atoms with Crippen molar-refractivity contribution in [2.75, 3.05) is 0 Å². The normalized spacial score (nSPS) is 18.9. The molecule has 2 rings (SSSR count). The Morgan fingerprint density at radius 3 is 2.41 bits per heavy atom. The van der Waals surface area contributed by atoms with Crippen LogP contribution in [0, 0.1) is 0 Å². The maximum Gasteiger partial charge on any atom is 0.119 e. The molecule has 0 spiro atoms. The monoisotopic (exact) mass is 233 g/mol. The first-order valence-electron chi connectivity index (χ1n) is 6.82. The first-order chi connectivity index (χ1) is 8.29. The minimum absolute atomic E-state index is 0.152. The molecule has 1 fully saturated rings. The number of rotatable bonds is 4. The molecule has 2 N–H and O–H groups in total. The first-order valence-corrected chi connectivity index (χ1v) is 6.82. The maximum atomic E-state index is 5.99. The Bertz CT molecular complexity index is 327. The fourth-order valence-electron chi connectivity index (χ4n) is 2.40. The van der Waals surface area contributed by atoms with E-state index in [-0.39, 0.29) is 6.04 Å². The lowest BCUT2D eigenvalue weighted by molar-refractivity contribution is 0.155. The molecule has 1 saturated carbocycles. The van der Waals surface area contributed by atoms with E-state index in [1.54, 1.807) is 0 Å². The van der Waals surface area contributed by atoms with Crippen LogP contribution in [0.1, 0.15) is 57.1 Å². The zero-order valence-electron chi connectivity index (χ0n) is 10.7. The highest BCUT2D eigenvalue weighted by Crippen LogP contribution is 2.24. The van der Waals surface area contributed by atoms with Crippen molar-refractivity contribution < 1.29 is 4.74 Å². The molecule has 1 aliphatic rings. The van der Waals surface area contributed by atoms with E-state index in [0.717, 1.165) is 12.2 Å². The summed E-state index contributed by atoms with van der Waals surface area (Å²) >= 11 is 0. The maximum absolute atomic E-state index is 5.99. The van der Waals surface area contributed by atoms with Gasteiger partial charge in [0.1, 0.15) is 5.75 Å². The molecule has 2 heteroatoms. The van der Waals surface area contributed by atoms with E-state index < -0.39 is 0 Å². The fraction of sp³-hybridized carbons (Fsp3) is 0.600. The van der Waals surface area contributed by atoms with Crippen LogP contribution in [-0.2, 0) is 0 Å². The summed E-state index contributed by atoms with van der Waals surface area (Å²) in [5, 5.41) is 0. The number of hydrogen-bond donors (Lipinski definition) is 1. The summed E-state index contributed by atoms with van der Waals surface area (Å²) in [7, 11) is 0. The molecule has 0 unspecified atom stereocenters. The van der Waals surface area contributed by atoms with Crippen LogP contribution in [0.3, 0.4) is 0 Å². The summed E-state index contributed by atoms with van der Waals surface area (Å²) in [6, 6.07) is 8.44. The van der Waals surface area contributed by atoms with Gasteiger partial charge in [0, 0.05) is 6.04 Å². The van der Waals surface area contributed by atoms with Gasteiger partial charge in [-0.15, -0.1) is 0 Å². The second kappa shape index (κ2) is 6.06. The molecule has 0 aromatic heterocycles. The molecule has 1 aliphatic carbocycles. The van der Waals surface area contributed by atoms with Gasteiger partial charge in [-0.25, -0.2) is 0 Å². The lowest BCUT2D eigenvalue weighted by atomic mass is 9.98. The molecule has 17 heavy (non-hydrogen) atoms. The highest BCUT2D eigenvalue weighted by molar-refractivity contribution is 5.29. The Labute approximate surface area is 104 Å². The predicted octanol–water partition coefficient (Wildman–Crippen LogP) is 3.81. The Kier molecular flexibility index (Phi) is 4.43. The van der Waals surface area contributed by atoms with Gasteiger partial charge in [-0.2, -0.15) is 0 Å². The largest absolute Gasteiger partial charge is 0.490 e. The van der Waals surface area contributed by atoms with E-state index in [1.165, 1.54) is 37.7 Å². The minimum Gasteiger partial charge on any atom is -0.490 e. The quantitative estimate of drug-likeness (QED) is 0.858. The van der Waals surface area contributed by atoms with Crippen LogP contribution in [0.2, 0.25) is 0 Å². The highest BCUT2D eigenvalue weighted by atomic mass is 16.5. The summed E-state index contributed by atoms with van der Waals surface area (Å²) in [4.78, 5) is 0. The third-order valence-corrected chi connectivity index (χ3v) is 3.60. The van der Waals surface area contributed by atoms with E-state index in [2.05, 4.69) is 31.2 Å². The Hall–Kier alpha value is -1.02. The van der Waals surface area contributed by atoms with Crippen molar-refractivity contribution >= 4 is 0 Å². The number of benzene rings is 1. The molecular formula is C15H23NO. The number of ether oxygens (including phenoxy) is 1. The lowest BCUT2D eigenvalue weighted by Gasteiger charge is -2.23. The Morgan fingerprint density at radius 1 is 1.18 bits per heavy atom. The smallest absolute Gasteiger partial charge is 0.119 e. The van der Waals surface area contributed by atoms with Crippen molar-refractivity contribution in [1.29, 1.82) is 0 Å². The molecule has 1 aromatic carbocycles. The summed E-state index contributed by atoms with van der Waals surface area (Å²) in [5.74, 6) is 0.990. The van der Waals surface area contributed by atoms with Gasteiger partial charge in [0.25, 0.3) is 0 Å². The van der Waals surface area contributed by atoms with Gasteiger partial charge >= 0.3 is 0 Å². The lowest BCUT2D eigenvalue weighted by Crippen LogP contribution is -2.19. The van der Waals surface area contributed by atoms with Gasteiger partial charge in [-0.1, -0.05) is 25.5 Å². The van der Waals surface area contributed by atoms with Crippen LogP contribution in [0.4, 0.5) is 0 Å². The molecule has 1 atom stereocenters. The molecule has 1 aromatic rings. The SMILES string of the molecule is CC[C@H](N)c1ccc(OC2CCCCC2)cc1. The standard InChI is InChI=1S/C15H23NO/c1-2-15(16)12-8-10-14(11-9-12)17-13-6-4-3-5-7-13/h8-11,13,15H,2-7,16H2,1H3/t15-/m0/s1. The molecular weight excluding hydrogens is 210 g/mol. The minimum atomic E-state index is 0.152. The van der Waals surface area contributed by atoms with Gasteiger partial charge in [-0.05, 0) is 49.8 Å². The molecule has 94 valence electrons. The van der Waals surface area contributed by atoms with Crippen molar-refractivity contribution in [3.05, 3.63) is 29.8 Å². The molecule has 0 heterocycles. The van der Waals surface area contributed by atoms with Gasteiger partial charge < -0.3 is 10.5 Å². The van der Waals surface area contributed by atoms with Gasteiger partial charge in [-0.3, -0.25) is 0 Å². The van der Waals surface area contributed by atoms with Gasteiger partial charge in [0.15, 0.2) is 0 Å². The van der Waals surface area contributed by atoms with Gasteiger partial charge in [0.05, 0.1) is 6.10 Å². The molecule has 0 radical (unpaired) electrons. The van der Waals surface area contributed by atoms with Crippen LogP contribution in [0.5, 0.6) is 5.75 Å². The highest BCUT2D eigenvalue weighted by Gasteiger charge is 2.14. The Balaban J connectivity index is 1.93. The second-order valence-corrected chi connectivity index (χ2v) is 4.96. The zero-order chi connectivity index (χ0) is 12.1. The predicted molar refractivity (Wildman–Crippen MR) is 71.2 cm³/mol. The number of hydrogen-bond acceptors (Lipinski definition) is 2. The summed E-state index contributed by atoms with van der Waals surface area (Å²) < 4.78 is 5.98. The van der Waals surface area contributed by atoms with Crippen LogP contribution in [-0.4, -0.2) is 6.10 Å². The van der Waals surface area contributed by atoms with Gasteiger partial charge in [0.2, 0.25) is 0 Å². The van der Waals surface area contributed by atoms with E-state index in [1.807, 2.05) is 0 Å². The van der Waals surface area contributed by atoms with Crippen molar-refractivity contribution in [2.24, 2.45) is 5.73 Å². The molecule has 0 amide bonds. The topological polar surface area (TPSA) is 35.2 Å². The average Bonchev–Trinajstić information content (AvgIpc) is 2.40. The van der Waals surface area contributed by atoms with Crippen molar-refractivity contribution in [3.63, 3.8) is 0 Å². The Morgan fingerprint density at radius 2 is 1.82 bits per heavy atom. The van der Waals surface area contributed by atoms with E-state index in [4.69, 9.17) is 10.5 Å². The van der Waals surface area contributed by atoms with Crippen LogP contribution in [0.15, 0.2) is 24.3 Å².